The lowest BCUT2D eigenvalue weighted by atomic mass is 9.98. The second-order valence-corrected chi connectivity index (χ2v) is 5.39. The highest BCUT2D eigenvalue weighted by molar-refractivity contribution is 4.78. The summed E-state index contributed by atoms with van der Waals surface area (Å²) in [5, 5.41) is 12.7. The first-order valence-electron chi connectivity index (χ1n) is 7.35. The summed E-state index contributed by atoms with van der Waals surface area (Å²) in [5.41, 5.74) is 0. The summed E-state index contributed by atoms with van der Waals surface area (Å²) in [6, 6.07) is 0.427. The SMILES string of the molecule is CCCNC(CCO)CN1CCCC(COC)C1. The fourth-order valence-corrected chi connectivity index (χ4v) is 2.76. The zero-order valence-electron chi connectivity index (χ0n) is 12.0. The van der Waals surface area contributed by atoms with Crippen LogP contribution in [0.4, 0.5) is 0 Å². The molecule has 0 radical (unpaired) electrons. The van der Waals surface area contributed by atoms with E-state index in [0.717, 1.165) is 39.1 Å². The molecule has 1 heterocycles. The molecule has 2 N–H and O–H groups in total. The van der Waals surface area contributed by atoms with Gasteiger partial charge in [0.05, 0.1) is 6.61 Å². The Kier molecular flexibility index (Phi) is 8.59. The van der Waals surface area contributed by atoms with Crippen LogP contribution in [0, 0.1) is 5.92 Å². The second-order valence-electron chi connectivity index (χ2n) is 5.39. The van der Waals surface area contributed by atoms with Crippen LogP contribution < -0.4 is 5.32 Å². The molecule has 0 spiro atoms. The van der Waals surface area contributed by atoms with E-state index in [1.54, 1.807) is 7.11 Å². The van der Waals surface area contributed by atoms with E-state index >= 15 is 0 Å². The van der Waals surface area contributed by atoms with Crippen LogP contribution in [-0.2, 0) is 4.74 Å². The maximum absolute atomic E-state index is 9.12. The van der Waals surface area contributed by atoms with E-state index < -0.39 is 0 Å². The van der Waals surface area contributed by atoms with Crippen molar-refractivity contribution >= 4 is 0 Å². The second kappa shape index (κ2) is 9.73. The lowest BCUT2D eigenvalue weighted by Crippen LogP contribution is -2.46. The lowest BCUT2D eigenvalue weighted by molar-refractivity contribution is 0.0835. The van der Waals surface area contributed by atoms with E-state index in [9.17, 15) is 0 Å². The third kappa shape index (κ3) is 6.14. The molecular weight excluding hydrogens is 228 g/mol. The van der Waals surface area contributed by atoms with Crippen molar-refractivity contribution < 1.29 is 9.84 Å². The molecule has 4 nitrogen and oxygen atoms in total. The number of aliphatic hydroxyl groups is 1. The quantitative estimate of drug-likeness (QED) is 0.650. The van der Waals surface area contributed by atoms with Crippen LogP contribution >= 0.6 is 0 Å². The zero-order valence-corrected chi connectivity index (χ0v) is 12.0. The number of ether oxygens (including phenoxy) is 1. The predicted molar refractivity (Wildman–Crippen MR) is 74.8 cm³/mol. The number of piperidine rings is 1. The number of likely N-dealkylation sites (tertiary alicyclic amines) is 1. The molecule has 18 heavy (non-hydrogen) atoms. The molecule has 108 valence electrons. The van der Waals surface area contributed by atoms with Gasteiger partial charge in [0.2, 0.25) is 0 Å². The molecule has 0 bridgehead atoms. The number of nitrogens with one attached hydrogen (secondary N) is 1. The Morgan fingerprint density at radius 2 is 2.33 bits per heavy atom. The monoisotopic (exact) mass is 258 g/mol. The van der Waals surface area contributed by atoms with Gasteiger partial charge in [-0.25, -0.2) is 0 Å². The molecule has 0 aliphatic carbocycles. The van der Waals surface area contributed by atoms with Crippen LogP contribution in [0.25, 0.3) is 0 Å². The van der Waals surface area contributed by atoms with Crippen molar-refractivity contribution in [3.8, 4) is 0 Å². The maximum Gasteiger partial charge on any atom is 0.0502 e. The van der Waals surface area contributed by atoms with E-state index in [-0.39, 0.29) is 6.61 Å². The largest absolute Gasteiger partial charge is 0.396 e. The topological polar surface area (TPSA) is 44.7 Å². The molecule has 1 aliphatic rings. The van der Waals surface area contributed by atoms with Crippen molar-refractivity contribution in [2.24, 2.45) is 5.92 Å². The van der Waals surface area contributed by atoms with Gasteiger partial charge in [-0.15, -0.1) is 0 Å². The number of methoxy groups -OCH3 is 1. The molecule has 0 aromatic heterocycles. The van der Waals surface area contributed by atoms with Gasteiger partial charge in [-0.1, -0.05) is 6.92 Å². The third-order valence-corrected chi connectivity index (χ3v) is 3.64. The first-order valence-corrected chi connectivity index (χ1v) is 7.35. The molecule has 1 rings (SSSR count). The minimum absolute atomic E-state index is 0.275. The predicted octanol–water partition coefficient (Wildman–Crippen LogP) is 1.10. The van der Waals surface area contributed by atoms with Gasteiger partial charge in [0.15, 0.2) is 0 Å². The molecule has 2 atom stereocenters. The number of hydrogen-bond donors (Lipinski definition) is 2. The molecule has 0 aromatic carbocycles. The molecule has 2 unspecified atom stereocenters. The van der Waals surface area contributed by atoms with Crippen LogP contribution in [0.2, 0.25) is 0 Å². The highest BCUT2D eigenvalue weighted by atomic mass is 16.5. The van der Waals surface area contributed by atoms with Gasteiger partial charge in [0, 0.05) is 32.8 Å². The van der Waals surface area contributed by atoms with Gasteiger partial charge in [-0.2, -0.15) is 0 Å². The van der Waals surface area contributed by atoms with Crippen LogP contribution in [0.1, 0.15) is 32.6 Å². The Hall–Kier alpha value is -0.160. The van der Waals surface area contributed by atoms with Gasteiger partial charge in [0.25, 0.3) is 0 Å². The van der Waals surface area contributed by atoms with E-state index in [1.165, 1.54) is 19.4 Å². The molecule has 1 saturated heterocycles. The number of hydrogen-bond acceptors (Lipinski definition) is 4. The average Bonchev–Trinajstić information content (AvgIpc) is 2.37. The molecule has 0 amide bonds. The van der Waals surface area contributed by atoms with Crippen molar-refractivity contribution in [2.45, 2.75) is 38.6 Å². The smallest absolute Gasteiger partial charge is 0.0502 e. The van der Waals surface area contributed by atoms with E-state index in [2.05, 4.69) is 17.1 Å². The van der Waals surface area contributed by atoms with Crippen LogP contribution in [-0.4, -0.2) is 62.6 Å². The molecule has 1 aliphatic heterocycles. The zero-order chi connectivity index (χ0) is 13.2. The first-order chi connectivity index (χ1) is 8.80. The molecule has 4 heteroatoms. The Morgan fingerprint density at radius 3 is 3.00 bits per heavy atom. The summed E-state index contributed by atoms with van der Waals surface area (Å²) >= 11 is 0. The van der Waals surface area contributed by atoms with Gasteiger partial charge in [0.1, 0.15) is 0 Å². The van der Waals surface area contributed by atoms with E-state index in [1.807, 2.05) is 0 Å². The Morgan fingerprint density at radius 1 is 1.50 bits per heavy atom. The number of rotatable bonds is 9. The highest BCUT2D eigenvalue weighted by Crippen LogP contribution is 2.17. The molecule has 1 fully saturated rings. The summed E-state index contributed by atoms with van der Waals surface area (Å²) in [5.74, 6) is 0.685. The van der Waals surface area contributed by atoms with Crippen molar-refractivity contribution in [3.63, 3.8) is 0 Å². The Bertz CT molecular complexity index is 200. The normalized spacial score (nSPS) is 23.2. The highest BCUT2D eigenvalue weighted by Gasteiger charge is 2.21. The number of aliphatic hydroxyl groups excluding tert-OH is 1. The molecular formula is C14H30N2O2. The summed E-state index contributed by atoms with van der Waals surface area (Å²) in [7, 11) is 1.79. The van der Waals surface area contributed by atoms with Gasteiger partial charge >= 0.3 is 0 Å². The lowest BCUT2D eigenvalue weighted by Gasteiger charge is -2.35. The minimum atomic E-state index is 0.275. The van der Waals surface area contributed by atoms with Crippen molar-refractivity contribution in [2.75, 3.05) is 46.5 Å². The van der Waals surface area contributed by atoms with Gasteiger partial charge < -0.3 is 20.1 Å². The van der Waals surface area contributed by atoms with Gasteiger partial charge in [-0.3, -0.25) is 0 Å². The van der Waals surface area contributed by atoms with E-state index in [4.69, 9.17) is 9.84 Å². The van der Waals surface area contributed by atoms with Crippen LogP contribution in [0.5, 0.6) is 0 Å². The van der Waals surface area contributed by atoms with Crippen LogP contribution in [0.15, 0.2) is 0 Å². The summed E-state index contributed by atoms with van der Waals surface area (Å²) in [4.78, 5) is 2.52. The Balaban J connectivity index is 2.32. The summed E-state index contributed by atoms with van der Waals surface area (Å²) < 4.78 is 5.26. The fraction of sp³-hybridized carbons (Fsp3) is 1.00. The standard InChI is InChI=1S/C14H30N2O2/c1-3-7-15-14(6-9-17)11-16-8-4-5-13(10-16)12-18-2/h13-15,17H,3-12H2,1-2H3. The van der Waals surface area contributed by atoms with E-state index in [0.29, 0.717) is 12.0 Å². The summed E-state index contributed by atoms with van der Waals surface area (Å²) in [6.45, 7) is 7.76. The molecule has 0 saturated carbocycles. The first kappa shape index (κ1) is 15.9. The Labute approximate surface area is 112 Å². The fourth-order valence-electron chi connectivity index (χ4n) is 2.76. The van der Waals surface area contributed by atoms with Crippen molar-refractivity contribution in [3.05, 3.63) is 0 Å². The third-order valence-electron chi connectivity index (χ3n) is 3.64. The minimum Gasteiger partial charge on any atom is -0.396 e. The van der Waals surface area contributed by atoms with Crippen molar-refractivity contribution in [1.29, 1.82) is 0 Å². The summed E-state index contributed by atoms with van der Waals surface area (Å²) in [6.07, 6.45) is 4.56. The molecule has 0 aromatic rings. The van der Waals surface area contributed by atoms with Gasteiger partial charge in [-0.05, 0) is 44.7 Å². The van der Waals surface area contributed by atoms with Crippen LogP contribution in [0.3, 0.4) is 0 Å². The number of nitrogens with zero attached hydrogens (tertiary/aromatic N) is 1. The average molecular weight is 258 g/mol. The van der Waals surface area contributed by atoms with Crippen molar-refractivity contribution in [1.82, 2.24) is 10.2 Å². The maximum atomic E-state index is 9.12.